The Morgan fingerprint density at radius 2 is 1.82 bits per heavy atom. The normalized spacial score (nSPS) is 15.7. The van der Waals surface area contributed by atoms with E-state index in [1.807, 2.05) is 29.2 Å². The highest BCUT2D eigenvalue weighted by molar-refractivity contribution is 5.75. The van der Waals surface area contributed by atoms with Crippen LogP contribution in [0, 0.1) is 11.3 Å². The number of imidazole rings is 1. The number of hydrogen-bond donors (Lipinski definition) is 1. The highest BCUT2D eigenvalue weighted by Crippen LogP contribution is 2.35. The van der Waals surface area contributed by atoms with Crippen LogP contribution in [0.3, 0.4) is 0 Å². The zero-order valence-corrected chi connectivity index (χ0v) is 14.8. The Kier molecular flexibility index (Phi) is 4.38. The second-order valence-electron chi connectivity index (χ2n) is 6.87. The summed E-state index contributed by atoms with van der Waals surface area (Å²) in [7, 11) is 0. The molecule has 0 saturated carbocycles. The van der Waals surface area contributed by atoms with Gasteiger partial charge < -0.3 is 9.88 Å². The van der Waals surface area contributed by atoms with Crippen LogP contribution in [0.4, 0.5) is 18.9 Å². The molecule has 0 bridgehead atoms. The van der Waals surface area contributed by atoms with E-state index < -0.39 is 11.7 Å². The van der Waals surface area contributed by atoms with Crippen molar-refractivity contribution in [3.63, 3.8) is 0 Å². The van der Waals surface area contributed by atoms with Crippen molar-refractivity contribution in [2.24, 2.45) is 0 Å². The largest absolute Gasteiger partial charge is 0.417 e. The second kappa shape index (κ2) is 6.75. The van der Waals surface area contributed by atoms with Crippen LogP contribution in [0.1, 0.15) is 30.0 Å². The van der Waals surface area contributed by atoms with E-state index in [1.165, 1.54) is 6.07 Å². The summed E-state index contributed by atoms with van der Waals surface area (Å²) in [6, 6.07) is 12.8. The van der Waals surface area contributed by atoms with Gasteiger partial charge in [-0.15, -0.1) is 0 Å². The van der Waals surface area contributed by atoms with Crippen LogP contribution < -0.4 is 10.6 Å². The maximum Gasteiger partial charge on any atom is 0.417 e. The number of nitrogens with zero attached hydrogens (tertiary/aromatic N) is 3. The molecular weight excluding hydrogens is 369 g/mol. The number of H-pyrrole nitrogens is 1. The van der Waals surface area contributed by atoms with Crippen LogP contribution in [0.5, 0.6) is 0 Å². The lowest BCUT2D eigenvalue weighted by molar-refractivity contribution is -0.137. The molecule has 1 saturated heterocycles. The summed E-state index contributed by atoms with van der Waals surface area (Å²) < 4.78 is 41.4. The first-order valence-electron chi connectivity index (χ1n) is 8.94. The van der Waals surface area contributed by atoms with Gasteiger partial charge >= 0.3 is 11.9 Å². The summed E-state index contributed by atoms with van der Waals surface area (Å²) in [5, 5.41) is 8.94. The van der Waals surface area contributed by atoms with E-state index in [9.17, 15) is 18.0 Å². The minimum atomic E-state index is -4.57. The van der Waals surface area contributed by atoms with Crippen molar-refractivity contribution in [2.75, 3.05) is 18.0 Å². The summed E-state index contributed by atoms with van der Waals surface area (Å²) in [5.74, 6) is 0. The molecule has 1 N–H and O–H groups in total. The number of hydrogen-bond acceptors (Lipinski definition) is 3. The standard InChI is InChI=1S/C20H17F3N4O/c21-20(22,23)16-11-15(6-5-13(16)12-24)26-9-7-14(8-10-26)27-18-4-2-1-3-17(18)25-19(27)28/h1-6,11,14H,7-10H2,(H,25,28). The SMILES string of the molecule is N#Cc1ccc(N2CCC(n3c(=O)[nH]c4ccccc43)CC2)cc1C(F)(F)F. The fourth-order valence-electron chi connectivity index (χ4n) is 3.88. The van der Waals surface area contributed by atoms with Gasteiger partial charge in [-0.1, -0.05) is 12.1 Å². The number of halogens is 3. The summed E-state index contributed by atoms with van der Waals surface area (Å²) in [5.41, 5.74) is 0.591. The van der Waals surface area contributed by atoms with Crippen LogP contribution >= 0.6 is 0 Å². The molecule has 1 fully saturated rings. The van der Waals surface area contributed by atoms with Gasteiger partial charge in [-0.25, -0.2) is 4.79 Å². The summed E-state index contributed by atoms with van der Waals surface area (Å²) in [4.78, 5) is 17.1. The van der Waals surface area contributed by atoms with Crippen LogP contribution in [0.25, 0.3) is 11.0 Å². The van der Waals surface area contributed by atoms with Gasteiger partial charge in [-0.2, -0.15) is 18.4 Å². The third-order valence-electron chi connectivity index (χ3n) is 5.25. The first-order valence-corrected chi connectivity index (χ1v) is 8.94. The van der Waals surface area contributed by atoms with Crippen molar-refractivity contribution in [2.45, 2.75) is 25.1 Å². The average molecular weight is 386 g/mol. The molecule has 0 radical (unpaired) electrons. The Balaban J connectivity index is 1.57. The van der Waals surface area contributed by atoms with E-state index in [4.69, 9.17) is 5.26 Å². The topological polar surface area (TPSA) is 64.8 Å². The first-order chi connectivity index (χ1) is 13.4. The van der Waals surface area contributed by atoms with Crippen LogP contribution in [-0.2, 0) is 6.18 Å². The van der Waals surface area contributed by atoms with Gasteiger partial charge in [0.15, 0.2) is 0 Å². The van der Waals surface area contributed by atoms with Gasteiger partial charge in [0.05, 0.1) is 28.2 Å². The Labute approximate surface area is 158 Å². The molecule has 3 aromatic rings. The van der Waals surface area contributed by atoms with Crippen molar-refractivity contribution in [1.82, 2.24) is 9.55 Å². The molecule has 5 nitrogen and oxygen atoms in total. The van der Waals surface area contributed by atoms with Gasteiger partial charge in [0.2, 0.25) is 0 Å². The fraction of sp³-hybridized carbons (Fsp3) is 0.300. The maximum atomic E-state index is 13.2. The van der Waals surface area contributed by atoms with Crippen LogP contribution in [0.2, 0.25) is 0 Å². The molecule has 144 valence electrons. The number of nitrogens with one attached hydrogen (secondary N) is 1. The zero-order chi connectivity index (χ0) is 19.9. The van der Waals surface area contributed by atoms with Crippen molar-refractivity contribution in [3.05, 3.63) is 64.1 Å². The van der Waals surface area contributed by atoms with E-state index in [1.54, 1.807) is 16.7 Å². The molecule has 1 aromatic heterocycles. The highest BCUT2D eigenvalue weighted by Gasteiger charge is 2.34. The number of piperidine rings is 1. The average Bonchev–Trinajstić information content (AvgIpc) is 3.02. The highest BCUT2D eigenvalue weighted by atomic mass is 19.4. The van der Waals surface area contributed by atoms with Crippen LogP contribution in [-0.4, -0.2) is 22.6 Å². The molecule has 0 aliphatic carbocycles. The Morgan fingerprint density at radius 3 is 2.50 bits per heavy atom. The molecule has 1 aliphatic heterocycles. The Morgan fingerprint density at radius 1 is 1.11 bits per heavy atom. The molecular formula is C20H17F3N4O. The summed E-state index contributed by atoms with van der Waals surface area (Å²) >= 11 is 0. The molecule has 0 spiro atoms. The first kappa shape index (κ1) is 18.2. The van der Waals surface area contributed by atoms with E-state index in [0.717, 1.165) is 17.1 Å². The van der Waals surface area contributed by atoms with Gasteiger partial charge in [-0.05, 0) is 43.2 Å². The number of rotatable bonds is 2. The second-order valence-corrected chi connectivity index (χ2v) is 6.87. The van der Waals surface area contributed by atoms with Gasteiger partial charge in [0.1, 0.15) is 0 Å². The molecule has 1 aliphatic rings. The lowest BCUT2D eigenvalue weighted by Gasteiger charge is -2.34. The maximum absolute atomic E-state index is 13.2. The fourth-order valence-corrected chi connectivity index (χ4v) is 3.88. The van der Waals surface area contributed by atoms with Crippen LogP contribution in [0.15, 0.2) is 47.3 Å². The molecule has 2 aromatic carbocycles. The monoisotopic (exact) mass is 386 g/mol. The lowest BCUT2D eigenvalue weighted by Crippen LogP contribution is -2.37. The quantitative estimate of drug-likeness (QED) is 0.722. The van der Waals surface area contributed by atoms with E-state index in [-0.39, 0.29) is 17.3 Å². The van der Waals surface area contributed by atoms with Crippen molar-refractivity contribution in [1.29, 1.82) is 5.26 Å². The predicted molar refractivity (Wildman–Crippen MR) is 99.2 cm³/mol. The van der Waals surface area contributed by atoms with Gasteiger partial charge in [-0.3, -0.25) is 4.57 Å². The molecule has 2 heterocycles. The third-order valence-corrected chi connectivity index (χ3v) is 5.25. The molecule has 0 unspecified atom stereocenters. The predicted octanol–water partition coefficient (Wildman–Crippen LogP) is 4.06. The minimum absolute atomic E-state index is 0.0135. The Bertz CT molecular complexity index is 1110. The van der Waals surface area contributed by atoms with Crippen molar-refractivity contribution < 1.29 is 13.2 Å². The van der Waals surface area contributed by atoms with E-state index in [2.05, 4.69) is 4.98 Å². The summed E-state index contributed by atoms with van der Waals surface area (Å²) in [6.45, 7) is 1.06. The number of aromatic amines is 1. The van der Waals surface area contributed by atoms with E-state index >= 15 is 0 Å². The molecule has 4 rings (SSSR count). The molecule has 28 heavy (non-hydrogen) atoms. The number of para-hydroxylation sites is 2. The summed E-state index contributed by atoms with van der Waals surface area (Å²) in [6.07, 6.45) is -3.29. The number of alkyl halides is 3. The zero-order valence-electron chi connectivity index (χ0n) is 14.8. The number of benzene rings is 2. The minimum Gasteiger partial charge on any atom is -0.371 e. The molecule has 0 atom stereocenters. The number of nitriles is 1. The number of aromatic nitrogens is 2. The third kappa shape index (κ3) is 3.13. The smallest absolute Gasteiger partial charge is 0.371 e. The Hall–Kier alpha value is -3.21. The number of fused-ring (bicyclic) bond motifs is 1. The van der Waals surface area contributed by atoms with Crippen molar-refractivity contribution in [3.8, 4) is 6.07 Å². The van der Waals surface area contributed by atoms with Gasteiger partial charge in [0.25, 0.3) is 0 Å². The molecule has 8 heteroatoms. The molecule has 0 amide bonds. The number of anilines is 1. The lowest BCUT2D eigenvalue weighted by atomic mass is 10.0. The van der Waals surface area contributed by atoms with Gasteiger partial charge in [0, 0.05) is 24.8 Å². The van der Waals surface area contributed by atoms with Crippen molar-refractivity contribution >= 4 is 16.7 Å². The van der Waals surface area contributed by atoms with E-state index in [0.29, 0.717) is 31.6 Å².